The van der Waals surface area contributed by atoms with Crippen LogP contribution in [0.25, 0.3) is 10.2 Å². The summed E-state index contributed by atoms with van der Waals surface area (Å²) in [5.74, 6) is 0.657. The molecule has 7 heteroatoms. The summed E-state index contributed by atoms with van der Waals surface area (Å²) in [5, 5.41) is 5.38. The Morgan fingerprint density at radius 1 is 1.39 bits per heavy atom. The molecular weight excluding hydrogens is 410 g/mol. The van der Waals surface area contributed by atoms with Crippen LogP contribution >= 0.6 is 34.7 Å². The Morgan fingerprint density at radius 3 is 3.00 bits per heavy atom. The zero-order chi connectivity index (χ0) is 19.8. The van der Waals surface area contributed by atoms with Gasteiger partial charge in [-0.15, -0.1) is 11.3 Å². The van der Waals surface area contributed by atoms with Gasteiger partial charge in [-0.25, -0.2) is 9.97 Å². The second-order valence-corrected chi connectivity index (χ2v) is 10.2. The van der Waals surface area contributed by atoms with Gasteiger partial charge in [0.05, 0.1) is 5.25 Å². The predicted octanol–water partition coefficient (Wildman–Crippen LogP) is 5.90. The summed E-state index contributed by atoms with van der Waals surface area (Å²) >= 11 is 9.44. The monoisotopic (exact) mass is 431 g/mol. The average Bonchev–Trinajstić information content (AvgIpc) is 3.03. The van der Waals surface area contributed by atoms with Crippen LogP contribution in [0.2, 0.25) is 5.02 Å². The molecule has 0 spiro atoms. The number of thiophene rings is 1. The third-order valence-corrected chi connectivity index (χ3v) is 7.82. The number of amides is 1. The van der Waals surface area contributed by atoms with Crippen LogP contribution in [-0.2, 0) is 17.6 Å². The van der Waals surface area contributed by atoms with Crippen LogP contribution in [0.4, 0.5) is 5.69 Å². The number of carbonyl (C=O) groups is 1. The summed E-state index contributed by atoms with van der Waals surface area (Å²) in [6.07, 6.45) is 4.99. The number of aromatic nitrogens is 2. The first-order valence-electron chi connectivity index (χ1n) is 9.41. The molecule has 1 amide bonds. The van der Waals surface area contributed by atoms with Gasteiger partial charge in [-0.1, -0.05) is 36.4 Å². The van der Waals surface area contributed by atoms with Gasteiger partial charge in [0.25, 0.3) is 0 Å². The van der Waals surface area contributed by atoms with Crippen molar-refractivity contribution < 1.29 is 4.79 Å². The van der Waals surface area contributed by atoms with Crippen molar-refractivity contribution in [1.29, 1.82) is 0 Å². The number of rotatable bonds is 4. The SMILES string of the molecule is Cc1ccc(NC(=O)C(C)Sc2ncnc3sc4c(c23)CCC(C)C4)cc1Cl. The van der Waals surface area contributed by atoms with E-state index in [0.29, 0.717) is 10.7 Å². The van der Waals surface area contributed by atoms with Crippen molar-refractivity contribution in [3.05, 3.63) is 45.6 Å². The van der Waals surface area contributed by atoms with Crippen LogP contribution in [0, 0.1) is 12.8 Å². The summed E-state index contributed by atoms with van der Waals surface area (Å²) in [5.41, 5.74) is 3.09. The first-order chi connectivity index (χ1) is 13.4. The minimum atomic E-state index is -0.281. The van der Waals surface area contributed by atoms with Gasteiger partial charge in [0.2, 0.25) is 5.91 Å². The molecule has 0 aliphatic heterocycles. The van der Waals surface area contributed by atoms with Crippen LogP contribution in [0.5, 0.6) is 0 Å². The minimum absolute atomic E-state index is 0.0607. The number of aryl methyl sites for hydroxylation is 2. The van der Waals surface area contributed by atoms with E-state index in [0.717, 1.165) is 39.6 Å². The van der Waals surface area contributed by atoms with E-state index in [1.807, 2.05) is 26.0 Å². The number of benzene rings is 1. The number of nitrogens with one attached hydrogen (secondary N) is 1. The van der Waals surface area contributed by atoms with E-state index in [1.165, 1.54) is 28.6 Å². The van der Waals surface area contributed by atoms with Crippen LogP contribution in [0.3, 0.4) is 0 Å². The van der Waals surface area contributed by atoms with E-state index in [-0.39, 0.29) is 11.2 Å². The fraction of sp³-hybridized carbons (Fsp3) is 0.381. The largest absolute Gasteiger partial charge is 0.325 e. The molecule has 0 saturated carbocycles. The van der Waals surface area contributed by atoms with E-state index in [4.69, 9.17) is 11.6 Å². The molecule has 0 fully saturated rings. The molecule has 0 saturated heterocycles. The quantitative estimate of drug-likeness (QED) is 0.413. The zero-order valence-electron chi connectivity index (χ0n) is 16.1. The molecule has 1 aliphatic rings. The van der Waals surface area contributed by atoms with Crippen LogP contribution in [-0.4, -0.2) is 21.1 Å². The lowest BCUT2D eigenvalue weighted by molar-refractivity contribution is -0.115. The van der Waals surface area contributed by atoms with Gasteiger partial charge >= 0.3 is 0 Å². The maximum atomic E-state index is 12.7. The lowest BCUT2D eigenvalue weighted by Gasteiger charge is -2.18. The average molecular weight is 432 g/mol. The molecule has 0 radical (unpaired) electrons. The van der Waals surface area contributed by atoms with E-state index >= 15 is 0 Å². The van der Waals surface area contributed by atoms with Crippen molar-refractivity contribution in [1.82, 2.24) is 9.97 Å². The zero-order valence-corrected chi connectivity index (χ0v) is 18.5. The first-order valence-corrected chi connectivity index (χ1v) is 11.5. The van der Waals surface area contributed by atoms with Gasteiger partial charge in [-0.05, 0) is 62.3 Å². The Labute approximate surface area is 178 Å². The van der Waals surface area contributed by atoms with Gasteiger partial charge in [-0.3, -0.25) is 4.79 Å². The topological polar surface area (TPSA) is 54.9 Å². The highest BCUT2D eigenvalue weighted by atomic mass is 35.5. The highest BCUT2D eigenvalue weighted by Crippen LogP contribution is 2.41. The van der Waals surface area contributed by atoms with Gasteiger partial charge in [0.1, 0.15) is 16.2 Å². The van der Waals surface area contributed by atoms with Crippen LogP contribution in [0.1, 0.15) is 36.3 Å². The minimum Gasteiger partial charge on any atom is -0.325 e. The number of thioether (sulfide) groups is 1. The maximum Gasteiger partial charge on any atom is 0.237 e. The Morgan fingerprint density at radius 2 is 2.21 bits per heavy atom. The molecular formula is C21H22ClN3OS2. The molecule has 0 bridgehead atoms. The number of hydrogen-bond donors (Lipinski definition) is 1. The second kappa shape index (κ2) is 8.01. The molecule has 28 heavy (non-hydrogen) atoms. The number of carbonyl (C=O) groups excluding carboxylic acids is 1. The van der Waals surface area contributed by atoms with E-state index < -0.39 is 0 Å². The predicted molar refractivity (Wildman–Crippen MR) is 119 cm³/mol. The lowest BCUT2D eigenvalue weighted by atomic mass is 9.89. The molecule has 146 valence electrons. The number of anilines is 1. The molecule has 2 atom stereocenters. The third kappa shape index (κ3) is 3.91. The summed E-state index contributed by atoms with van der Waals surface area (Å²) in [7, 11) is 0. The van der Waals surface area contributed by atoms with Gasteiger partial charge in [-0.2, -0.15) is 0 Å². The van der Waals surface area contributed by atoms with Crippen molar-refractivity contribution in [2.75, 3.05) is 5.32 Å². The molecule has 4 nitrogen and oxygen atoms in total. The molecule has 2 heterocycles. The van der Waals surface area contributed by atoms with Crippen molar-refractivity contribution in [3.8, 4) is 0 Å². The highest BCUT2D eigenvalue weighted by molar-refractivity contribution is 8.00. The Balaban J connectivity index is 1.55. The standard InChI is InChI=1S/C21H22ClN3OS2/c1-11-4-7-15-17(8-11)28-21-18(15)20(23-10-24-21)27-13(3)19(26)25-14-6-5-12(2)16(22)9-14/h5-6,9-11,13H,4,7-8H2,1-3H3,(H,25,26). The fourth-order valence-electron chi connectivity index (χ4n) is 3.47. The molecule has 2 unspecified atom stereocenters. The highest BCUT2D eigenvalue weighted by Gasteiger charge is 2.25. The van der Waals surface area contributed by atoms with Crippen molar-refractivity contribution in [3.63, 3.8) is 0 Å². The smallest absolute Gasteiger partial charge is 0.237 e. The molecule has 1 aromatic carbocycles. The lowest BCUT2D eigenvalue weighted by Crippen LogP contribution is -2.22. The van der Waals surface area contributed by atoms with E-state index in [2.05, 4.69) is 22.2 Å². The Bertz CT molecular complexity index is 1050. The Kier molecular flexibility index (Phi) is 5.63. The van der Waals surface area contributed by atoms with E-state index in [9.17, 15) is 4.79 Å². The van der Waals surface area contributed by atoms with Crippen molar-refractivity contribution in [2.45, 2.75) is 50.3 Å². The van der Waals surface area contributed by atoms with Crippen molar-refractivity contribution in [2.24, 2.45) is 5.92 Å². The summed E-state index contributed by atoms with van der Waals surface area (Å²) in [4.78, 5) is 24.2. The van der Waals surface area contributed by atoms with E-state index in [1.54, 1.807) is 23.7 Å². The molecule has 1 N–H and O–H groups in total. The first kappa shape index (κ1) is 19.7. The number of halogens is 1. The van der Waals surface area contributed by atoms with Crippen LogP contribution in [0.15, 0.2) is 29.6 Å². The Hall–Kier alpha value is -1.63. The van der Waals surface area contributed by atoms with Gasteiger partial charge < -0.3 is 5.32 Å². The molecule has 1 aliphatic carbocycles. The van der Waals surface area contributed by atoms with Gasteiger partial charge in [0, 0.05) is 21.0 Å². The fourth-order valence-corrected chi connectivity index (χ4v) is 6.01. The summed E-state index contributed by atoms with van der Waals surface area (Å²) in [6, 6.07) is 5.56. The van der Waals surface area contributed by atoms with Gasteiger partial charge in [0.15, 0.2) is 0 Å². The summed E-state index contributed by atoms with van der Waals surface area (Å²) in [6.45, 7) is 6.15. The molecule has 4 rings (SSSR count). The number of nitrogens with zero attached hydrogens (tertiary/aromatic N) is 2. The summed E-state index contributed by atoms with van der Waals surface area (Å²) < 4.78 is 0. The maximum absolute atomic E-state index is 12.7. The number of fused-ring (bicyclic) bond motifs is 3. The number of hydrogen-bond acceptors (Lipinski definition) is 5. The third-order valence-electron chi connectivity index (χ3n) is 5.15. The second-order valence-electron chi connectivity index (χ2n) is 7.42. The molecule has 3 aromatic rings. The van der Waals surface area contributed by atoms with Crippen LogP contribution < -0.4 is 5.32 Å². The van der Waals surface area contributed by atoms with Crippen molar-refractivity contribution >= 4 is 56.5 Å². The molecule has 2 aromatic heterocycles. The normalized spacial score (nSPS) is 17.4.